The van der Waals surface area contributed by atoms with Crippen molar-refractivity contribution in [2.45, 2.75) is 25.4 Å². The molecule has 0 amide bonds. The highest BCUT2D eigenvalue weighted by molar-refractivity contribution is 5.69. The van der Waals surface area contributed by atoms with Gasteiger partial charge in [0.25, 0.3) is 0 Å². The van der Waals surface area contributed by atoms with E-state index in [0.29, 0.717) is 24.7 Å². The Bertz CT molecular complexity index is 398. The smallest absolute Gasteiger partial charge is 0.309 e. The lowest BCUT2D eigenvalue weighted by atomic mass is 10.2. The maximum absolute atomic E-state index is 11.6. The lowest BCUT2D eigenvalue weighted by Gasteiger charge is -2.22. The summed E-state index contributed by atoms with van der Waals surface area (Å²) >= 11 is 0. The topological polar surface area (TPSA) is 70.8 Å². The van der Waals surface area contributed by atoms with Crippen LogP contribution in [-0.4, -0.2) is 31.9 Å². The number of nitrogens with two attached hydrogens (primary N) is 1. The predicted molar refractivity (Wildman–Crippen MR) is 70.9 cm³/mol. The van der Waals surface area contributed by atoms with E-state index in [2.05, 4.69) is 0 Å². The molecular weight excluding hydrogens is 246 g/mol. The largest absolute Gasteiger partial charge is 0.493 e. The Balaban J connectivity index is 1.64. The van der Waals surface area contributed by atoms with Crippen molar-refractivity contribution in [1.29, 1.82) is 0 Å². The van der Waals surface area contributed by atoms with Gasteiger partial charge in [-0.1, -0.05) is 0 Å². The van der Waals surface area contributed by atoms with Crippen LogP contribution < -0.4 is 10.5 Å². The number of anilines is 1. The molecule has 0 aliphatic carbocycles. The summed E-state index contributed by atoms with van der Waals surface area (Å²) < 4.78 is 16.0. The number of esters is 1. The van der Waals surface area contributed by atoms with Crippen LogP contribution in [0.3, 0.4) is 0 Å². The Labute approximate surface area is 112 Å². The maximum Gasteiger partial charge on any atom is 0.309 e. The first-order valence-electron chi connectivity index (χ1n) is 6.49. The van der Waals surface area contributed by atoms with Gasteiger partial charge in [-0.2, -0.15) is 0 Å². The van der Waals surface area contributed by atoms with Crippen molar-refractivity contribution >= 4 is 11.7 Å². The average Bonchev–Trinajstić information content (AvgIpc) is 2.42. The molecule has 5 nitrogen and oxygen atoms in total. The number of nitrogen functional groups attached to an aromatic ring is 1. The van der Waals surface area contributed by atoms with Gasteiger partial charge in [0.05, 0.1) is 19.6 Å². The van der Waals surface area contributed by atoms with Gasteiger partial charge in [0.2, 0.25) is 0 Å². The molecule has 1 atom stereocenters. The highest BCUT2D eigenvalue weighted by Crippen LogP contribution is 2.14. The molecule has 0 saturated carbocycles. The summed E-state index contributed by atoms with van der Waals surface area (Å²) in [6.07, 6.45) is 1.96. The molecular formula is C14H19NO4. The number of hydrogen-bond acceptors (Lipinski definition) is 5. The zero-order valence-corrected chi connectivity index (χ0v) is 10.8. The van der Waals surface area contributed by atoms with Crippen molar-refractivity contribution in [3.63, 3.8) is 0 Å². The first kappa shape index (κ1) is 13.7. The van der Waals surface area contributed by atoms with E-state index in [1.807, 2.05) is 0 Å². The molecule has 19 heavy (non-hydrogen) atoms. The minimum absolute atomic E-state index is 0.0993. The third-order valence-electron chi connectivity index (χ3n) is 2.87. The van der Waals surface area contributed by atoms with E-state index in [-0.39, 0.29) is 18.5 Å². The predicted octanol–water partition coefficient (Wildman–Crippen LogP) is 1.76. The van der Waals surface area contributed by atoms with Gasteiger partial charge in [0.1, 0.15) is 11.9 Å². The van der Waals surface area contributed by atoms with Gasteiger partial charge in [0.15, 0.2) is 0 Å². The molecule has 2 N–H and O–H groups in total. The summed E-state index contributed by atoms with van der Waals surface area (Å²) in [5, 5.41) is 0. The Morgan fingerprint density at radius 3 is 2.84 bits per heavy atom. The summed E-state index contributed by atoms with van der Waals surface area (Å²) in [5.74, 6) is 0.453. The van der Waals surface area contributed by atoms with Crippen LogP contribution in [0.1, 0.15) is 19.3 Å². The quantitative estimate of drug-likeness (QED) is 0.649. The lowest BCUT2D eigenvalue weighted by molar-refractivity contribution is -0.155. The third-order valence-corrected chi connectivity index (χ3v) is 2.87. The van der Waals surface area contributed by atoms with E-state index in [4.69, 9.17) is 19.9 Å². The summed E-state index contributed by atoms with van der Waals surface area (Å²) in [5.41, 5.74) is 6.25. The van der Waals surface area contributed by atoms with Crippen LogP contribution in [-0.2, 0) is 14.3 Å². The normalized spacial score (nSPS) is 18.8. The van der Waals surface area contributed by atoms with E-state index in [0.717, 1.165) is 19.4 Å². The van der Waals surface area contributed by atoms with Crippen molar-refractivity contribution in [2.24, 2.45) is 0 Å². The molecule has 104 valence electrons. The SMILES string of the molecule is Nc1ccc(OCCC(=O)OC2CCCOC2)cc1. The van der Waals surface area contributed by atoms with Crippen molar-refractivity contribution in [2.75, 3.05) is 25.6 Å². The van der Waals surface area contributed by atoms with Crippen molar-refractivity contribution in [1.82, 2.24) is 0 Å². The van der Waals surface area contributed by atoms with Crippen LogP contribution >= 0.6 is 0 Å². The molecule has 0 radical (unpaired) electrons. The van der Waals surface area contributed by atoms with Gasteiger partial charge in [-0.3, -0.25) is 4.79 Å². The monoisotopic (exact) mass is 265 g/mol. The van der Waals surface area contributed by atoms with E-state index in [1.54, 1.807) is 24.3 Å². The highest BCUT2D eigenvalue weighted by atomic mass is 16.6. The first-order valence-corrected chi connectivity index (χ1v) is 6.49. The highest BCUT2D eigenvalue weighted by Gasteiger charge is 2.17. The van der Waals surface area contributed by atoms with Crippen molar-refractivity contribution in [3.8, 4) is 5.75 Å². The number of carbonyl (C=O) groups excluding carboxylic acids is 1. The van der Waals surface area contributed by atoms with E-state index in [1.165, 1.54) is 0 Å². The fraction of sp³-hybridized carbons (Fsp3) is 0.500. The summed E-state index contributed by atoms with van der Waals surface area (Å²) in [6.45, 7) is 1.56. The zero-order valence-electron chi connectivity index (χ0n) is 10.8. The third kappa shape index (κ3) is 4.79. The molecule has 1 aromatic rings. The molecule has 2 rings (SSSR count). The standard InChI is InChI=1S/C14H19NO4/c15-11-3-5-12(6-4-11)18-9-7-14(16)19-13-2-1-8-17-10-13/h3-6,13H,1-2,7-10,15H2. The van der Waals surface area contributed by atoms with Crippen molar-refractivity contribution < 1.29 is 19.0 Å². The minimum atomic E-state index is -0.244. The molecule has 1 aliphatic rings. The number of rotatable bonds is 5. The molecule has 5 heteroatoms. The molecule has 1 unspecified atom stereocenters. The van der Waals surface area contributed by atoms with Gasteiger partial charge >= 0.3 is 5.97 Å². The molecule has 1 fully saturated rings. The number of hydrogen-bond donors (Lipinski definition) is 1. The molecule has 1 saturated heterocycles. The van der Waals surface area contributed by atoms with Gasteiger partial charge in [-0.05, 0) is 37.1 Å². The van der Waals surface area contributed by atoms with Crippen LogP contribution in [0.2, 0.25) is 0 Å². The molecule has 0 bridgehead atoms. The van der Waals surface area contributed by atoms with Crippen LogP contribution in [0.15, 0.2) is 24.3 Å². The Morgan fingerprint density at radius 1 is 1.37 bits per heavy atom. The molecule has 1 heterocycles. The van der Waals surface area contributed by atoms with Gasteiger partial charge in [0, 0.05) is 12.3 Å². The summed E-state index contributed by atoms with van der Waals surface area (Å²) in [6, 6.07) is 7.06. The fourth-order valence-electron chi connectivity index (χ4n) is 1.87. The first-order chi connectivity index (χ1) is 9.24. The van der Waals surface area contributed by atoms with Gasteiger partial charge in [-0.15, -0.1) is 0 Å². The number of carbonyl (C=O) groups is 1. The lowest BCUT2D eigenvalue weighted by Crippen LogP contribution is -2.28. The van der Waals surface area contributed by atoms with E-state index >= 15 is 0 Å². The molecule has 1 aromatic carbocycles. The van der Waals surface area contributed by atoms with E-state index < -0.39 is 0 Å². The van der Waals surface area contributed by atoms with Gasteiger partial charge in [-0.25, -0.2) is 0 Å². The second-order valence-electron chi connectivity index (χ2n) is 4.50. The minimum Gasteiger partial charge on any atom is -0.493 e. The Kier molecular flexibility index (Phi) is 5.03. The van der Waals surface area contributed by atoms with E-state index in [9.17, 15) is 4.79 Å². The number of ether oxygens (including phenoxy) is 3. The second kappa shape index (κ2) is 6.99. The second-order valence-corrected chi connectivity index (χ2v) is 4.50. The summed E-state index contributed by atoms with van der Waals surface area (Å²) in [4.78, 5) is 11.6. The Hall–Kier alpha value is -1.75. The summed E-state index contributed by atoms with van der Waals surface area (Å²) in [7, 11) is 0. The molecule has 0 aromatic heterocycles. The van der Waals surface area contributed by atoms with Crippen molar-refractivity contribution in [3.05, 3.63) is 24.3 Å². The van der Waals surface area contributed by atoms with Crippen LogP contribution in [0, 0.1) is 0 Å². The maximum atomic E-state index is 11.6. The van der Waals surface area contributed by atoms with Gasteiger partial charge < -0.3 is 19.9 Å². The Morgan fingerprint density at radius 2 is 2.16 bits per heavy atom. The van der Waals surface area contributed by atoms with Crippen LogP contribution in [0.5, 0.6) is 5.75 Å². The molecule has 1 aliphatic heterocycles. The average molecular weight is 265 g/mol. The van der Waals surface area contributed by atoms with Crippen LogP contribution in [0.25, 0.3) is 0 Å². The number of benzene rings is 1. The fourth-order valence-corrected chi connectivity index (χ4v) is 1.87. The van der Waals surface area contributed by atoms with Crippen LogP contribution in [0.4, 0.5) is 5.69 Å². The molecule has 0 spiro atoms. The zero-order chi connectivity index (χ0) is 13.5.